The Balaban J connectivity index is 1.52. The van der Waals surface area contributed by atoms with Crippen LogP contribution in [0.15, 0.2) is 103 Å². The van der Waals surface area contributed by atoms with Gasteiger partial charge in [0.05, 0.1) is 12.0 Å². The molecule has 208 valence electrons. The molecule has 0 spiro atoms. The molecule has 4 rings (SSSR count). The van der Waals surface area contributed by atoms with Crippen molar-refractivity contribution in [3.8, 4) is 11.5 Å². The largest absolute Gasteiger partial charge is 0.459 e. The SMILES string of the molecule is C/C(=C\C[C@]1(C)C[C@@H](COC(c2ccccc2)(c2ccccc2)c2ccccc2)OC1=O)CCC#C[Si](C)(C)C. The summed E-state index contributed by atoms with van der Waals surface area (Å²) < 4.78 is 12.9. The zero-order valence-electron chi connectivity index (χ0n) is 24.6. The molecule has 0 aliphatic carbocycles. The first-order valence-corrected chi connectivity index (χ1v) is 17.8. The second-order valence-electron chi connectivity index (χ2n) is 12.2. The monoisotopic (exact) mass is 550 g/mol. The van der Waals surface area contributed by atoms with Gasteiger partial charge < -0.3 is 9.47 Å². The Morgan fingerprint density at radius 3 is 1.93 bits per heavy atom. The lowest BCUT2D eigenvalue weighted by Crippen LogP contribution is -2.35. The molecule has 4 heteroatoms. The first-order chi connectivity index (χ1) is 19.1. The van der Waals surface area contributed by atoms with E-state index in [1.165, 1.54) is 5.57 Å². The van der Waals surface area contributed by atoms with Gasteiger partial charge in [0.25, 0.3) is 0 Å². The van der Waals surface area contributed by atoms with Crippen molar-refractivity contribution >= 4 is 14.0 Å². The molecule has 1 aliphatic rings. The van der Waals surface area contributed by atoms with Crippen LogP contribution >= 0.6 is 0 Å². The van der Waals surface area contributed by atoms with Crippen molar-refractivity contribution in [1.29, 1.82) is 0 Å². The second-order valence-corrected chi connectivity index (χ2v) is 16.9. The Morgan fingerprint density at radius 2 is 1.45 bits per heavy atom. The van der Waals surface area contributed by atoms with E-state index in [9.17, 15) is 4.79 Å². The van der Waals surface area contributed by atoms with Crippen molar-refractivity contribution in [3.05, 3.63) is 119 Å². The van der Waals surface area contributed by atoms with Gasteiger partial charge in [-0.05, 0) is 43.4 Å². The maximum Gasteiger partial charge on any atom is 0.312 e. The molecule has 0 N–H and O–H groups in total. The number of esters is 1. The highest BCUT2D eigenvalue weighted by molar-refractivity contribution is 6.83. The van der Waals surface area contributed by atoms with Gasteiger partial charge in [0.1, 0.15) is 19.8 Å². The molecule has 40 heavy (non-hydrogen) atoms. The van der Waals surface area contributed by atoms with Crippen LogP contribution in [0.3, 0.4) is 0 Å². The summed E-state index contributed by atoms with van der Waals surface area (Å²) in [5, 5.41) is 0. The van der Waals surface area contributed by atoms with Gasteiger partial charge in [-0.3, -0.25) is 4.79 Å². The first kappa shape index (κ1) is 29.6. The summed E-state index contributed by atoms with van der Waals surface area (Å²) in [5.41, 5.74) is 6.42. The molecule has 0 amide bonds. The van der Waals surface area contributed by atoms with Crippen molar-refractivity contribution < 1.29 is 14.3 Å². The number of benzene rings is 3. The van der Waals surface area contributed by atoms with Gasteiger partial charge in [-0.25, -0.2) is 0 Å². The van der Waals surface area contributed by atoms with E-state index in [1.54, 1.807) is 0 Å². The molecule has 2 atom stereocenters. The molecular formula is C36H42O3Si. The minimum absolute atomic E-state index is 0.145. The molecule has 0 radical (unpaired) electrons. The predicted octanol–water partition coefficient (Wildman–Crippen LogP) is 8.31. The number of ether oxygens (including phenoxy) is 2. The molecule has 0 bridgehead atoms. The van der Waals surface area contributed by atoms with E-state index >= 15 is 0 Å². The van der Waals surface area contributed by atoms with Gasteiger partial charge in [0.15, 0.2) is 0 Å². The average Bonchev–Trinajstić information content (AvgIpc) is 3.24. The minimum atomic E-state index is -1.34. The average molecular weight is 551 g/mol. The zero-order chi connectivity index (χ0) is 28.6. The number of rotatable bonds is 10. The number of hydrogen-bond donors (Lipinski definition) is 0. The van der Waals surface area contributed by atoms with Gasteiger partial charge in [0, 0.05) is 12.8 Å². The lowest BCUT2D eigenvalue weighted by molar-refractivity contribution is -0.151. The third-order valence-corrected chi connectivity index (χ3v) is 8.41. The van der Waals surface area contributed by atoms with Crippen LogP contribution in [0.1, 0.15) is 56.2 Å². The minimum Gasteiger partial charge on any atom is -0.459 e. The fraction of sp³-hybridized carbons (Fsp3) is 0.361. The fourth-order valence-corrected chi connectivity index (χ4v) is 5.91. The second kappa shape index (κ2) is 12.9. The molecule has 0 aromatic heterocycles. The van der Waals surface area contributed by atoms with Crippen LogP contribution in [0.4, 0.5) is 0 Å². The van der Waals surface area contributed by atoms with Crippen molar-refractivity contribution in [1.82, 2.24) is 0 Å². The standard InChI is InChI=1S/C36H42O3Si/c1-29(17-15-16-26-40(3,4)5)24-25-35(2)27-33(39-34(35)37)28-38-36(30-18-9-6-10-19-30,31-20-11-7-12-21-31)32-22-13-8-14-23-32/h6-14,18-24,33H,15,17,25,27-28H2,1-5H3/b29-24+/t33-,35+/m0/s1. The van der Waals surface area contributed by atoms with E-state index in [1.807, 2.05) is 61.5 Å². The molecule has 3 nitrogen and oxygen atoms in total. The van der Waals surface area contributed by atoms with Crippen molar-refractivity contribution in [2.45, 2.75) is 70.9 Å². The molecule has 1 fully saturated rings. The summed E-state index contributed by atoms with van der Waals surface area (Å²) in [4.78, 5) is 13.1. The van der Waals surface area contributed by atoms with E-state index in [2.05, 4.69) is 80.5 Å². The molecule has 0 saturated carbocycles. The first-order valence-electron chi connectivity index (χ1n) is 14.3. The molecule has 3 aromatic rings. The Morgan fingerprint density at radius 1 is 0.950 bits per heavy atom. The van der Waals surface area contributed by atoms with E-state index in [4.69, 9.17) is 9.47 Å². The summed E-state index contributed by atoms with van der Waals surface area (Å²) in [5.74, 6) is 3.20. The molecular weight excluding hydrogens is 508 g/mol. The molecule has 1 heterocycles. The van der Waals surface area contributed by atoms with Crippen molar-refractivity contribution in [3.63, 3.8) is 0 Å². The highest BCUT2D eigenvalue weighted by Crippen LogP contribution is 2.43. The highest BCUT2D eigenvalue weighted by Gasteiger charge is 2.46. The van der Waals surface area contributed by atoms with Gasteiger partial charge in [-0.2, -0.15) is 0 Å². The normalized spacial score (nSPS) is 19.6. The van der Waals surface area contributed by atoms with Crippen LogP contribution in [0.25, 0.3) is 0 Å². The van der Waals surface area contributed by atoms with Crippen LogP contribution in [0.5, 0.6) is 0 Å². The summed E-state index contributed by atoms with van der Waals surface area (Å²) in [6, 6.07) is 30.9. The Hall–Kier alpha value is -3.39. The van der Waals surface area contributed by atoms with Gasteiger partial charge in [-0.15, -0.1) is 11.5 Å². The van der Waals surface area contributed by atoms with Crippen molar-refractivity contribution in [2.75, 3.05) is 6.61 Å². The zero-order valence-corrected chi connectivity index (χ0v) is 25.6. The topological polar surface area (TPSA) is 35.5 Å². The fourth-order valence-electron chi connectivity index (χ4n) is 5.26. The van der Waals surface area contributed by atoms with E-state index in [0.29, 0.717) is 19.4 Å². The van der Waals surface area contributed by atoms with Crippen LogP contribution in [0.2, 0.25) is 19.6 Å². The lowest BCUT2D eigenvalue weighted by Gasteiger charge is -2.36. The summed E-state index contributed by atoms with van der Waals surface area (Å²) in [6.07, 6.45) is 4.97. The Bertz CT molecular complexity index is 1250. The third-order valence-electron chi connectivity index (χ3n) is 7.48. The van der Waals surface area contributed by atoms with Gasteiger partial charge >= 0.3 is 5.97 Å². The number of allylic oxidation sites excluding steroid dienone is 2. The number of cyclic esters (lactones) is 1. The molecule has 1 saturated heterocycles. The quantitative estimate of drug-likeness (QED) is 0.0837. The number of carbonyl (C=O) groups is 1. The van der Waals surface area contributed by atoms with Crippen molar-refractivity contribution in [2.24, 2.45) is 5.41 Å². The van der Waals surface area contributed by atoms with Gasteiger partial charge in [-0.1, -0.05) is 122 Å². The smallest absolute Gasteiger partial charge is 0.312 e. The van der Waals surface area contributed by atoms with E-state index < -0.39 is 19.1 Å². The summed E-state index contributed by atoms with van der Waals surface area (Å²) in [6.45, 7) is 11.2. The molecule has 1 aliphatic heterocycles. The maximum absolute atomic E-state index is 13.1. The van der Waals surface area contributed by atoms with E-state index in [-0.39, 0.29) is 12.1 Å². The van der Waals surface area contributed by atoms with Crippen LogP contribution in [-0.2, 0) is 19.9 Å². The number of carbonyl (C=O) groups excluding carboxylic acids is 1. The lowest BCUT2D eigenvalue weighted by atomic mass is 9.80. The molecule has 3 aromatic carbocycles. The Labute approximate surface area is 241 Å². The van der Waals surface area contributed by atoms with Gasteiger partial charge in [0.2, 0.25) is 0 Å². The highest BCUT2D eigenvalue weighted by atomic mass is 28.3. The van der Waals surface area contributed by atoms with Crippen LogP contribution in [0, 0.1) is 16.9 Å². The van der Waals surface area contributed by atoms with Crippen LogP contribution < -0.4 is 0 Å². The van der Waals surface area contributed by atoms with E-state index in [0.717, 1.165) is 29.5 Å². The predicted molar refractivity (Wildman–Crippen MR) is 166 cm³/mol. The Kier molecular flexibility index (Phi) is 9.50. The molecule has 0 unspecified atom stereocenters. The summed E-state index contributed by atoms with van der Waals surface area (Å²) >= 11 is 0. The summed E-state index contributed by atoms with van der Waals surface area (Å²) in [7, 11) is -1.34. The number of hydrogen-bond acceptors (Lipinski definition) is 3. The van der Waals surface area contributed by atoms with Crippen LogP contribution in [-0.4, -0.2) is 26.8 Å². The third kappa shape index (κ3) is 7.21. The maximum atomic E-state index is 13.1.